The summed E-state index contributed by atoms with van der Waals surface area (Å²) < 4.78 is 15.7. The lowest BCUT2D eigenvalue weighted by Crippen LogP contribution is -2.32. The Balaban J connectivity index is 1.47. The molecule has 138 valence electrons. The first-order chi connectivity index (χ1) is 12.6. The Morgan fingerprint density at radius 3 is 2.81 bits per heavy atom. The zero-order valence-corrected chi connectivity index (χ0v) is 14.8. The van der Waals surface area contributed by atoms with Crippen LogP contribution in [0.2, 0.25) is 0 Å². The van der Waals surface area contributed by atoms with E-state index in [1.807, 2.05) is 10.7 Å². The molecule has 0 spiro atoms. The smallest absolute Gasteiger partial charge is 0.227 e. The Hall–Kier alpha value is -2.21. The number of nitrogens with zero attached hydrogens (tertiary/aromatic N) is 3. The zero-order chi connectivity index (χ0) is 18.1. The first-order valence-electron chi connectivity index (χ1n) is 9.37. The monoisotopic (exact) mass is 357 g/mol. The highest BCUT2D eigenvalue weighted by molar-refractivity contribution is 5.78. The second kappa shape index (κ2) is 7.19. The lowest BCUT2D eigenvalue weighted by molar-refractivity contribution is -0.131. The molecule has 1 amide bonds. The number of aliphatic hydroxyl groups is 1. The topological polar surface area (TPSA) is 58.4 Å². The van der Waals surface area contributed by atoms with E-state index in [1.165, 1.54) is 12.5 Å². The van der Waals surface area contributed by atoms with Crippen LogP contribution < -0.4 is 0 Å². The normalized spacial score (nSPS) is 18.8. The third-order valence-electron chi connectivity index (χ3n) is 5.58. The number of fused-ring (bicyclic) bond motifs is 1. The summed E-state index contributed by atoms with van der Waals surface area (Å²) in [4.78, 5) is 14.4. The average molecular weight is 357 g/mol. The highest BCUT2D eigenvalue weighted by Gasteiger charge is 2.30. The molecule has 1 atom stereocenters. The summed E-state index contributed by atoms with van der Waals surface area (Å²) in [7, 11) is 0. The first kappa shape index (κ1) is 17.2. The van der Waals surface area contributed by atoms with Crippen molar-refractivity contribution < 1.29 is 14.3 Å². The molecular weight excluding hydrogens is 333 g/mol. The molecule has 1 N–H and O–H groups in total. The highest BCUT2D eigenvalue weighted by Crippen LogP contribution is 2.37. The molecule has 1 aliphatic heterocycles. The van der Waals surface area contributed by atoms with Gasteiger partial charge in [0.2, 0.25) is 5.91 Å². The van der Waals surface area contributed by atoms with Crippen molar-refractivity contribution in [3.63, 3.8) is 0 Å². The van der Waals surface area contributed by atoms with E-state index in [4.69, 9.17) is 0 Å². The molecule has 26 heavy (non-hydrogen) atoms. The van der Waals surface area contributed by atoms with Crippen molar-refractivity contribution in [2.45, 2.75) is 51.3 Å². The van der Waals surface area contributed by atoms with Crippen molar-refractivity contribution in [1.29, 1.82) is 0 Å². The Bertz CT molecular complexity index is 800. The van der Waals surface area contributed by atoms with Gasteiger partial charge in [0.25, 0.3) is 0 Å². The molecule has 2 heterocycles. The molecule has 2 aliphatic rings. The predicted molar refractivity (Wildman–Crippen MR) is 94.7 cm³/mol. The molecule has 2 aromatic rings. The Morgan fingerprint density at radius 2 is 2.08 bits per heavy atom. The maximum atomic E-state index is 13.8. The van der Waals surface area contributed by atoms with E-state index in [9.17, 15) is 14.3 Å². The van der Waals surface area contributed by atoms with Crippen LogP contribution in [-0.2, 0) is 24.3 Å². The van der Waals surface area contributed by atoms with Crippen LogP contribution in [0.3, 0.4) is 0 Å². The van der Waals surface area contributed by atoms with Gasteiger partial charge < -0.3 is 10.0 Å². The van der Waals surface area contributed by atoms with Crippen molar-refractivity contribution in [2.24, 2.45) is 5.92 Å². The number of hydrogen-bond donors (Lipinski definition) is 1. The quantitative estimate of drug-likeness (QED) is 0.915. The maximum absolute atomic E-state index is 13.8. The lowest BCUT2D eigenvalue weighted by atomic mass is 9.80. The van der Waals surface area contributed by atoms with E-state index < -0.39 is 6.10 Å². The molecule has 0 unspecified atom stereocenters. The minimum atomic E-state index is -0.509. The molecule has 0 saturated heterocycles. The minimum Gasteiger partial charge on any atom is -0.386 e. The second-order valence-corrected chi connectivity index (χ2v) is 7.36. The van der Waals surface area contributed by atoms with Gasteiger partial charge in [-0.3, -0.25) is 9.48 Å². The molecule has 0 radical (unpaired) electrons. The van der Waals surface area contributed by atoms with E-state index in [-0.39, 0.29) is 18.1 Å². The molecule has 1 aliphatic carbocycles. The van der Waals surface area contributed by atoms with Gasteiger partial charge in [0.15, 0.2) is 0 Å². The van der Waals surface area contributed by atoms with Crippen LogP contribution >= 0.6 is 0 Å². The Kier molecular flexibility index (Phi) is 4.76. The molecule has 1 fully saturated rings. The van der Waals surface area contributed by atoms with Crippen LogP contribution in [0.5, 0.6) is 0 Å². The highest BCUT2D eigenvalue weighted by atomic mass is 19.1. The predicted octanol–water partition coefficient (Wildman–Crippen LogP) is 2.83. The van der Waals surface area contributed by atoms with E-state index in [0.717, 1.165) is 31.5 Å². The second-order valence-electron chi connectivity index (χ2n) is 7.36. The number of aromatic nitrogens is 2. The summed E-state index contributed by atoms with van der Waals surface area (Å²) in [6.45, 7) is 1.82. The van der Waals surface area contributed by atoms with Gasteiger partial charge in [-0.05, 0) is 42.9 Å². The van der Waals surface area contributed by atoms with Crippen LogP contribution in [0, 0.1) is 11.7 Å². The summed E-state index contributed by atoms with van der Waals surface area (Å²) in [6, 6.07) is 8.34. The van der Waals surface area contributed by atoms with E-state index in [1.54, 1.807) is 23.1 Å². The number of aliphatic hydroxyl groups excluding tert-OH is 1. The van der Waals surface area contributed by atoms with Crippen molar-refractivity contribution in [2.75, 3.05) is 6.54 Å². The third-order valence-corrected chi connectivity index (χ3v) is 5.58. The number of carbonyl (C=O) groups excluding carboxylic acids is 1. The van der Waals surface area contributed by atoms with Gasteiger partial charge in [0.05, 0.1) is 24.4 Å². The standard InChI is InChI=1S/C20H24FN3O2/c21-17-8-2-1-5-15(17)11-19(25)23-9-4-10-24-16(13-23)12-18(22-24)20(26)14-6-3-7-14/h1-2,5,8,12,14,20,26H,3-4,6-7,9-11,13H2/t20-/m0/s1. The van der Waals surface area contributed by atoms with Gasteiger partial charge in [-0.1, -0.05) is 24.6 Å². The van der Waals surface area contributed by atoms with Crippen LogP contribution in [0.15, 0.2) is 30.3 Å². The van der Waals surface area contributed by atoms with Crippen molar-refractivity contribution in [3.8, 4) is 0 Å². The molecule has 0 bridgehead atoms. The minimum absolute atomic E-state index is 0.0678. The van der Waals surface area contributed by atoms with E-state index >= 15 is 0 Å². The van der Waals surface area contributed by atoms with E-state index in [2.05, 4.69) is 5.10 Å². The molecule has 1 aromatic heterocycles. The fourth-order valence-corrected chi connectivity index (χ4v) is 3.76. The van der Waals surface area contributed by atoms with E-state index in [0.29, 0.717) is 30.3 Å². The summed E-state index contributed by atoms with van der Waals surface area (Å²) >= 11 is 0. The van der Waals surface area contributed by atoms with Gasteiger partial charge in [-0.25, -0.2) is 4.39 Å². The molecular formula is C20H24FN3O2. The van der Waals surface area contributed by atoms with Crippen LogP contribution in [0.25, 0.3) is 0 Å². The molecule has 6 heteroatoms. The molecule has 1 aromatic carbocycles. The van der Waals surface area contributed by atoms with Gasteiger partial charge in [-0.15, -0.1) is 0 Å². The number of halogens is 1. The summed E-state index contributed by atoms with van der Waals surface area (Å²) in [5, 5.41) is 15.0. The first-order valence-corrected chi connectivity index (χ1v) is 9.37. The number of benzene rings is 1. The summed E-state index contributed by atoms with van der Waals surface area (Å²) in [5.74, 6) is -0.106. The summed E-state index contributed by atoms with van der Waals surface area (Å²) in [6.07, 6.45) is 3.64. The van der Waals surface area contributed by atoms with Crippen molar-refractivity contribution >= 4 is 5.91 Å². The molecule has 5 nitrogen and oxygen atoms in total. The SMILES string of the molecule is O=C(Cc1ccccc1F)N1CCCn2nc([C@@H](O)C3CCC3)cc2C1. The lowest BCUT2D eigenvalue weighted by Gasteiger charge is -2.29. The Labute approximate surface area is 152 Å². The van der Waals surface area contributed by atoms with Gasteiger partial charge >= 0.3 is 0 Å². The number of carbonyl (C=O) groups is 1. The van der Waals surface area contributed by atoms with Gasteiger partial charge in [0, 0.05) is 13.1 Å². The molecule has 1 saturated carbocycles. The average Bonchev–Trinajstić information content (AvgIpc) is 2.87. The number of rotatable bonds is 4. The van der Waals surface area contributed by atoms with Crippen molar-refractivity contribution in [1.82, 2.24) is 14.7 Å². The van der Waals surface area contributed by atoms with Gasteiger partial charge in [0.1, 0.15) is 11.9 Å². The largest absolute Gasteiger partial charge is 0.386 e. The molecule has 4 rings (SSSR count). The Morgan fingerprint density at radius 1 is 1.27 bits per heavy atom. The fourth-order valence-electron chi connectivity index (χ4n) is 3.76. The number of hydrogen-bond acceptors (Lipinski definition) is 3. The van der Waals surface area contributed by atoms with Gasteiger partial charge in [-0.2, -0.15) is 5.10 Å². The third kappa shape index (κ3) is 3.38. The number of amides is 1. The number of aryl methyl sites for hydroxylation is 1. The van der Waals surface area contributed by atoms with Crippen LogP contribution in [-0.4, -0.2) is 32.2 Å². The summed E-state index contributed by atoms with van der Waals surface area (Å²) in [5.41, 5.74) is 2.09. The zero-order valence-electron chi connectivity index (χ0n) is 14.8. The fraction of sp³-hybridized carbons (Fsp3) is 0.500. The van der Waals surface area contributed by atoms with Crippen LogP contribution in [0.4, 0.5) is 4.39 Å². The van der Waals surface area contributed by atoms with Crippen LogP contribution in [0.1, 0.15) is 48.7 Å². The van der Waals surface area contributed by atoms with Crippen molar-refractivity contribution in [3.05, 3.63) is 53.1 Å². The maximum Gasteiger partial charge on any atom is 0.227 e.